The maximum Gasteiger partial charge on any atom is 0.227 e. The predicted octanol–water partition coefficient (Wildman–Crippen LogP) is 3.40. The minimum absolute atomic E-state index is 0.00892. The van der Waals surface area contributed by atoms with Crippen molar-refractivity contribution in [3.63, 3.8) is 0 Å². The summed E-state index contributed by atoms with van der Waals surface area (Å²) < 4.78 is 11.7. The summed E-state index contributed by atoms with van der Waals surface area (Å²) >= 11 is 0. The molecule has 0 atom stereocenters. The zero-order valence-electron chi connectivity index (χ0n) is 15.8. The van der Waals surface area contributed by atoms with Crippen LogP contribution in [0.5, 0.6) is 11.5 Å². The maximum atomic E-state index is 12.7. The first-order valence-electron chi connectivity index (χ1n) is 9.41. The van der Waals surface area contributed by atoms with Gasteiger partial charge in [-0.25, -0.2) is 0 Å². The molecule has 1 aromatic rings. The number of nitrogens with one attached hydrogen (secondary N) is 1. The minimum atomic E-state index is -0.495. The van der Waals surface area contributed by atoms with Crippen molar-refractivity contribution in [3.05, 3.63) is 23.8 Å². The Morgan fingerprint density at radius 3 is 2.52 bits per heavy atom. The Labute approximate surface area is 151 Å². The zero-order chi connectivity index (χ0) is 18.3. The summed E-state index contributed by atoms with van der Waals surface area (Å²) in [5, 5.41) is 3.05. The molecule has 2 rings (SSSR count). The number of nitrogens with two attached hydrogens (primary N) is 1. The van der Waals surface area contributed by atoms with Crippen LogP contribution < -0.4 is 20.5 Å². The van der Waals surface area contributed by atoms with Crippen molar-refractivity contribution in [3.8, 4) is 11.5 Å². The van der Waals surface area contributed by atoms with Crippen LogP contribution in [0.15, 0.2) is 18.2 Å². The van der Waals surface area contributed by atoms with E-state index in [0.29, 0.717) is 13.1 Å². The van der Waals surface area contributed by atoms with E-state index in [1.54, 1.807) is 7.11 Å². The first kappa shape index (κ1) is 19.6. The summed E-state index contributed by atoms with van der Waals surface area (Å²) in [6.45, 7) is 4.79. The number of amides is 1. The number of benzene rings is 1. The second-order valence-electron chi connectivity index (χ2n) is 6.85. The van der Waals surface area contributed by atoms with Gasteiger partial charge >= 0.3 is 0 Å². The van der Waals surface area contributed by atoms with Gasteiger partial charge < -0.3 is 20.5 Å². The monoisotopic (exact) mass is 348 g/mol. The maximum absolute atomic E-state index is 12.7. The molecule has 1 amide bonds. The van der Waals surface area contributed by atoms with Gasteiger partial charge in [-0.3, -0.25) is 4.79 Å². The van der Waals surface area contributed by atoms with Crippen molar-refractivity contribution >= 4 is 5.91 Å². The molecule has 1 saturated carbocycles. The second-order valence-corrected chi connectivity index (χ2v) is 6.85. The third-order valence-electron chi connectivity index (χ3n) is 5.53. The van der Waals surface area contributed by atoms with Gasteiger partial charge in [0.2, 0.25) is 5.91 Å². The van der Waals surface area contributed by atoms with Crippen molar-refractivity contribution in [2.75, 3.05) is 13.7 Å². The normalized spacial score (nSPS) is 15.2. The largest absolute Gasteiger partial charge is 0.493 e. The van der Waals surface area contributed by atoms with E-state index in [1.165, 1.54) is 12.8 Å². The highest BCUT2D eigenvalue weighted by molar-refractivity contribution is 5.82. The van der Waals surface area contributed by atoms with Crippen molar-refractivity contribution in [2.24, 2.45) is 11.1 Å². The Morgan fingerprint density at radius 2 is 1.96 bits per heavy atom. The molecule has 0 heterocycles. The molecule has 5 heteroatoms. The van der Waals surface area contributed by atoms with Crippen LogP contribution in [0.25, 0.3) is 0 Å². The summed E-state index contributed by atoms with van der Waals surface area (Å²) in [7, 11) is 1.65. The molecule has 0 saturated heterocycles. The molecule has 25 heavy (non-hydrogen) atoms. The van der Waals surface area contributed by atoms with E-state index < -0.39 is 5.41 Å². The molecule has 0 spiro atoms. The lowest BCUT2D eigenvalue weighted by Crippen LogP contribution is -2.45. The molecule has 5 nitrogen and oxygen atoms in total. The molecular formula is C20H32N2O3. The highest BCUT2D eigenvalue weighted by Crippen LogP contribution is 2.35. The van der Waals surface area contributed by atoms with Gasteiger partial charge in [0.25, 0.3) is 0 Å². The SMILES string of the molecule is CCC(CC)(CN)C(=O)NCc1cccc(OC)c1OC1CCCC1. The fourth-order valence-electron chi connectivity index (χ4n) is 3.48. The van der Waals surface area contributed by atoms with Gasteiger partial charge in [-0.05, 0) is 44.6 Å². The quantitative estimate of drug-likeness (QED) is 0.717. The number of hydrogen-bond acceptors (Lipinski definition) is 4. The van der Waals surface area contributed by atoms with Gasteiger partial charge in [-0.15, -0.1) is 0 Å². The molecular weight excluding hydrogens is 316 g/mol. The van der Waals surface area contributed by atoms with Crippen LogP contribution in [-0.2, 0) is 11.3 Å². The van der Waals surface area contributed by atoms with Crippen LogP contribution in [0.1, 0.15) is 57.9 Å². The second kappa shape index (κ2) is 9.09. The van der Waals surface area contributed by atoms with Crippen molar-refractivity contribution < 1.29 is 14.3 Å². The highest BCUT2D eigenvalue weighted by Gasteiger charge is 2.33. The van der Waals surface area contributed by atoms with Crippen LogP contribution in [0, 0.1) is 5.41 Å². The lowest BCUT2D eigenvalue weighted by Gasteiger charge is -2.29. The fraction of sp³-hybridized carbons (Fsp3) is 0.650. The van der Waals surface area contributed by atoms with Crippen LogP contribution in [0.2, 0.25) is 0 Å². The standard InChI is InChI=1S/C20H32N2O3/c1-4-20(5-2,14-21)19(23)22-13-15-9-8-12-17(24-3)18(15)25-16-10-6-7-11-16/h8-9,12,16H,4-7,10-11,13-14,21H2,1-3H3,(H,22,23). The van der Waals surface area contributed by atoms with Crippen LogP contribution in [0.3, 0.4) is 0 Å². The number of carbonyl (C=O) groups is 1. The first-order valence-corrected chi connectivity index (χ1v) is 9.41. The van der Waals surface area contributed by atoms with E-state index in [0.717, 1.165) is 42.7 Å². The Bertz CT molecular complexity index is 556. The van der Waals surface area contributed by atoms with Gasteiger partial charge in [0.15, 0.2) is 11.5 Å². The number of methoxy groups -OCH3 is 1. The summed E-state index contributed by atoms with van der Waals surface area (Å²) in [6.07, 6.45) is 6.26. The van der Waals surface area contributed by atoms with Crippen LogP contribution >= 0.6 is 0 Å². The molecule has 3 N–H and O–H groups in total. The van der Waals surface area contributed by atoms with Gasteiger partial charge in [0.05, 0.1) is 18.6 Å². The summed E-state index contributed by atoms with van der Waals surface area (Å²) in [6, 6.07) is 5.81. The summed E-state index contributed by atoms with van der Waals surface area (Å²) in [5.74, 6) is 1.48. The number of ether oxygens (including phenoxy) is 2. The van der Waals surface area contributed by atoms with Crippen LogP contribution in [-0.4, -0.2) is 25.7 Å². The van der Waals surface area contributed by atoms with Crippen molar-refractivity contribution in [1.29, 1.82) is 0 Å². The van der Waals surface area contributed by atoms with E-state index in [4.69, 9.17) is 15.2 Å². The smallest absolute Gasteiger partial charge is 0.227 e. The molecule has 0 aromatic heterocycles. The lowest BCUT2D eigenvalue weighted by atomic mass is 9.81. The third-order valence-corrected chi connectivity index (χ3v) is 5.53. The zero-order valence-corrected chi connectivity index (χ0v) is 15.8. The van der Waals surface area contributed by atoms with E-state index in [2.05, 4.69) is 5.32 Å². The van der Waals surface area contributed by atoms with Gasteiger partial charge in [0.1, 0.15) is 0 Å². The molecule has 0 radical (unpaired) electrons. The Kier molecular flexibility index (Phi) is 7.12. The lowest BCUT2D eigenvalue weighted by molar-refractivity contribution is -0.131. The van der Waals surface area contributed by atoms with Crippen molar-refractivity contribution in [1.82, 2.24) is 5.32 Å². The summed E-state index contributed by atoms with van der Waals surface area (Å²) in [5.41, 5.74) is 6.33. The van der Waals surface area contributed by atoms with Gasteiger partial charge in [-0.2, -0.15) is 0 Å². The molecule has 0 aliphatic heterocycles. The van der Waals surface area contributed by atoms with Gasteiger partial charge in [-0.1, -0.05) is 26.0 Å². The van der Waals surface area contributed by atoms with Crippen LogP contribution in [0.4, 0.5) is 0 Å². The van der Waals surface area contributed by atoms with Crippen molar-refractivity contribution in [2.45, 2.75) is 65.0 Å². The first-order chi connectivity index (χ1) is 12.1. The van der Waals surface area contributed by atoms with E-state index in [1.807, 2.05) is 32.0 Å². The minimum Gasteiger partial charge on any atom is -0.493 e. The predicted molar refractivity (Wildman–Crippen MR) is 99.8 cm³/mol. The molecule has 140 valence electrons. The number of carbonyl (C=O) groups excluding carboxylic acids is 1. The molecule has 1 aliphatic carbocycles. The number of rotatable bonds is 9. The average molecular weight is 348 g/mol. The topological polar surface area (TPSA) is 73.6 Å². The van der Waals surface area contributed by atoms with E-state index >= 15 is 0 Å². The summed E-state index contributed by atoms with van der Waals surface area (Å²) in [4.78, 5) is 12.7. The highest BCUT2D eigenvalue weighted by atomic mass is 16.5. The Hall–Kier alpha value is -1.75. The van der Waals surface area contributed by atoms with E-state index in [-0.39, 0.29) is 12.0 Å². The molecule has 1 fully saturated rings. The molecule has 1 aliphatic rings. The average Bonchev–Trinajstić information content (AvgIpc) is 3.15. The number of hydrogen-bond donors (Lipinski definition) is 2. The Morgan fingerprint density at radius 1 is 1.28 bits per heavy atom. The third kappa shape index (κ3) is 4.46. The van der Waals surface area contributed by atoms with Gasteiger partial charge in [0, 0.05) is 18.7 Å². The molecule has 0 unspecified atom stereocenters. The van der Waals surface area contributed by atoms with E-state index in [9.17, 15) is 4.79 Å². The fourth-order valence-corrected chi connectivity index (χ4v) is 3.48. The number of para-hydroxylation sites is 1. The molecule has 1 aromatic carbocycles. The molecule has 0 bridgehead atoms. The Balaban J connectivity index is 2.14.